The highest BCUT2D eigenvalue weighted by Crippen LogP contribution is 2.56. The number of hydrogen-bond acceptors (Lipinski definition) is 1. The van der Waals surface area contributed by atoms with Gasteiger partial charge < -0.3 is 4.90 Å². The van der Waals surface area contributed by atoms with Gasteiger partial charge in [-0.3, -0.25) is 0 Å². The number of fused-ring (bicyclic) bond motifs is 3. The molecule has 0 aromatic heterocycles. The highest BCUT2D eigenvalue weighted by Gasteiger charge is 2.46. The third kappa shape index (κ3) is 5.27. The fourth-order valence-electron chi connectivity index (χ4n) is 7.69. The third-order valence-corrected chi connectivity index (χ3v) is 11.0. The summed E-state index contributed by atoms with van der Waals surface area (Å²) < 4.78 is 0. The van der Waals surface area contributed by atoms with Crippen molar-refractivity contribution in [2.45, 2.75) is 38.5 Å². The van der Waals surface area contributed by atoms with Crippen molar-refractivity contribution in [3.8, 4) is 44.5 Å². The Morgan fingerprint density at radius 3 is 1.47 bits per heavy atom. The summed E-state index contributed by atoms with van der Waals surface area (Å²) in [4.78, 5) is 2.38. The van der Waals surface area contributed by atoms with Crippen molar-refractivity contribution in [2.24, 2.45) is 0 Å². The largest absolute Gasteiger partial charge is 0.310 e. The van der Waals surface area contributed by atoms with Crippen LogP contribution in [-0.4, -0.2) is 0 Å². The Morgan fingerprint density at radius 1 is 0.327 bits per heavy atom. The lowest BCUT2D eigenvalue weighted by Gasteiger charge is -2.48. The molecule has 238 valence electrons. The molecule has 0 radical (unpaired) electrons. The van der Waals surface area contributed by atoms with Crippen molar-refractivity contribution in [2.75, 3.05) is 4.90 Å². The predicted molar refractivity (Wildman–Crippen MR) is 209 cm³/mol. The lowest BCUT2D eigenvalue weighted by molar-refractivity contribution is 0.299. The van der Waals surface area contributed by atoms with Crippen LogP contribution >= 0.6 is 0 Å². The molecule has 0 fully saturated rings. The Morgan fingerprint density at radius 2 is 0.755 bits per heavy atom. The van der Waals surface area contributed by atoms with Crippen LogP contribution in [0.1, 0.15) is 38.8 Å². The van der Waals surface area contributed by atoms with Crippen molar-refractivity contribution < 1.29 is 0 Å². The Labute approximate surface area is 291 Å². The minimum atomic E-state index is -0.0430. The van der Waals surface area contributed by atoms with Gasteiger partial charge in [0.2, 0.25) is 0 Å². The maximum atomic E-state index is 2.40. The van der Waals surface area contributed by atoms with Gasteiger partial charge in [0, 0.05) is 17.1 Å². The zero-order valence-corrected chi connectivity index (χ0v) is 28.7. The van der Waals surface area contributed by atoms with Crippen molar-refractivity contribution in [1.29, 1.82) is 0 Å². The van der Waals surface area contributed by atoms with Gasteiger partial charge in [-0.1, -0.05) is 161 Å². The van der Waals surface area contributed by atoms with Crippen LogP contribution in [0.5, 0.6) is 0 Å². The van der Waals surface area contributed by atoms with Gasteiger partial charge in [0.25, 0.3) is 0 Å². The van der Waals surface area contributed by atoms with Crippen LogP contribution in [0.2, 0.25) is 0 Å². The van der Waals surface area contributed by atoms with Crippen LogP contribution < -0.4 is 4.90 Å². The summed E-state index contributed by atoms with van der Waals surface area (Å²) in [7, 11) is 0. The summed E-state index contributed by atoms with van der Waals surface area (Å²) >= 11 is 0. The first-order chi connectivity index (χ1) is 23.8. The van der Waals surface area contributed by atoms with E-state index in [9.17, 15) is 0 Å². The summed E-state index contributed by atoms with van der Waals surface area (Å²) in [5, 5.41) is 0. The normalized spacial score (nSPS) is 14.0. The van der Waals surface area contributed by atoms with Gasteiger partial charge in [-0.25, -0.2) is 0 Å². The van der Waals surface area contributed by atoms with Gasteiger partial charge in [0.1, 0.15) is 0 Å². The number of hydrogen-bond donors (Lipinski definition) is 0. The van der Waals surface area contributed by atoms with Crippen LogP contribution in [0.25, 0.3) is 44.5 Å². The maximum Gasteiger partial charge on any atom is 0.0467 e. The fourth-order valence-corrected chi connectivity index (χ4v) is 7.69. The van der Waals surface area contributed by atoms with E-state index in [1.165, 1.54) is 55.6 Å². The number of rotatable bonds is 6. The molecule has 49 heavy (non-hydrogen) atoms. The van der Waals surface area contributed by atoms with Gasteiger partial charge in [0.15, 0.2) is 0 Å². The molecular weight excluding hydrogens is 591 g/mol. The zero-order chi connectivity index (χ0) is 33.6. The number of anilines is 3. The molecule has 0 unspecified atom stereocenters. The van der Waals surface area contributed by atoms with E-state index in [1.54, 1.807) is 0 Å². The first-order valence-corrected chi connectivity index (χ1v) is 17.3. The number of nitrogens with zero attached hydrogens (tertiary/aromatic N) is 1. The molecule has 0 atom stereocenters. The van der Waals surface area contributed by atoms with E-state index in [0.29, 0.717) is 0 Å². The summed E-state index contributed by atoms with van der Waals surface area (Å²) in [5.74, 6) is 0. The molecule has 0 saturated heterocycles. The molecule has 0 heterocycles. The average molecular weight is 632 g/mol. The Balaban J connectivity index is 1.26. The van der Waals surface area contributed by atoms with Crippen LogP contribution in [0.4, 0.5) is 17.1 Å². The smallest absolute Gasteiger partial charge is 0.0467 e. The first kappa shape index (κ1) is 30.7. The van der Waals surface area contributed by atoms with Gasteiger partial charge in [-0.15, -0.1) is 0 Å². The molecule has 1 aliphatic carbocycles. The quantitative estimate of drug-likeness (QED) is 0.176. The molecule has 0 bridgehead atoms. The highest BCUT2D eigenvalue weighted by atomic mass is 15.1. The summed E-state index contributed by atoms with van der Waals surface area (Å²) in [6.07, 6.45) is 0. The van der Waals surface area contributed by atoms with Crippen LogP contribution in [0, 0.1) is 0 Å². The molecule has 1 aliphatic rings. The van der Waals surface area contributed by atoms with Gasteiger partial charge in [-0.2, -0.15) is 0 Å². The molecule has 0 amide bonds. The second-order valence-corrected chi connectivity index (χ2v) is 14.2. The van der Waals surface area contributed by atoms with E-state index in [0.717, 1.165) is 17.1 Å². The van der Waals surface area contributed by atoms with E-state index in [2.05, 4.69) is 209 Å². The van der Waals surface area contributed by atoms with E-state index in [1.807, 2.05) is 0 Å². The van der Waals surface area contributed by atoms with E-state index < -0.39 is 0 Å². The fraction of sp³-hybridized carbons (Fsp3) is 0.125. The van der Waals surface area contributed by atoms with Gasteiger partial charge in [-0.05, 0) is 109 Å². The maximum absolute atomic E-state index is 2.40. The Kier molecular flexibility index (Phi) is 7.57. The minimum Gasteiger partial charge on any atom is -0.310 e. The Bertz CT molecular complexity index is 2280. The van der Waals surface area contributed by atoms with Crippen molar-refractivity contribution in [1.82, 2.24) is 0 Å². The molecule has 7 aromatic carbocycles. The van der Waals surface area contributed by atoms with Crippen molar-refractivity contribution in [3.05, 3.63) is 187 Å². The molecule has 0 saturated carbocycles. The van der Waals surface area contributed by atoms with Gasteiger partial charge in [0.05, 0.1) is 0 Å². The molecule has 7 aromatic rings. The second-order valence-electron chi connectivity index (χ2n) is 14.2. The van der Waals surface area contributed by atoms with E-state index >= 15 is 0 Å². The topological polar surface area (TPSA) is 3.24 Å². The molecule has 1 heteroatoms. The second kappa shape index (κ2) is 12.1. The molecular formula is C48H41N. The lowest BCUT2D eigenvalue weighted by atomic mass is 9.55. The minimum absolute atomic E-state index is 0.00714. The zero-order valence-electron chi connectivity index (χ0n) is 28.7. The van der Waals surface area contributed by atoms with E-state index in [-0.39, 0.29) is 10.8 Å². The highest BCUT2D eigenvalue weighted by molar-refractivity contribution is 5.92. The summed E-state index contributed by atoms with van der Waals surface area (Å²) in [5.41, 5.74) is 16.1. The van der Waals surface area contributed by atoms with Crippen molar-refractivity contribution in [3.63, 3.8) is 0 Å². The SMILES string of the molecule is CC1(C)c2ccccc2-c2c(-c3cccc(N(c4ccccc4)c4cccc(-c5cccc(-c6ccccc6)c5)c4)c3)cccc2C1(C)C. The predicted octanol–water partition coefficient (Wildman–Crippen LogP) is 13.4. The summed E-state index contributed by atoms with van der Waals surface area (Å²) in [6.45, 7) is 9.60. The van der Waals surface area contributed by atoms with Crippen LogP contribution in [0.15, 0.2) is 176 Å². The van der Waals surface area contributed by atoms with E-state index in [4.69, 9.17) is 0 Å². The first-order valence-electron chi connectivity index (χ1n) is 17.3. The number of para-hydroxylation sites is 1. The number of benzene rings is 7. The molecule has 1 nitrogen and oxygen atoms in total. The van der Waals surface area contributed by atoms with Crippen LogP contribution in [0.3, 0.4) is 0 Å². The van der Waals surface area contributed by atoms with Crippen LogP contribution in [-0.2, 0) is 10.8 Å². The summed E-state index contributed by atoms with van der Waals surface area (Å²) in [6, 6.07) is 64.0. The van der Waals surface area contributed by atoms with Gasteiger partial charge >= 0.3 is 0 Å². The standard InChI is InChI=1S/C48H41N/c1-47(2)44-29-12-11-27-43(44)46-42(28-16-30-45(46)48(47,3)4)38-22-15-26-41(33-38)49(39-23-9-6-10-24-39)40-25-14-21-37(32-40)36-20-13-19-35(31-36)34-17-7-5-8-18-34/h5-33H,1-4H3. The monoisotopic (exact) mass is 631 g/mol. The molecule has 0 spiro atoms. The molecule has 8 rings (SSSR count). The third-order valence-electron chi connectivity index (χ3n) is 11.0. The Hall–Kier alpha value is -5.66. The molecule has 0 N–H and O–H groups in total. The molecule has 0 aliphatic heterocycles. The van der Waals surface area contributed by atoms with Crippen molar-refractivity contribution >= 4 is 17.1 Å². The lowest BCUT2D eigenvalue weighted by Crippen LogP contribution is -2.43. The average Bonchev–Trinajstić information content (AvgIpc) is 3.15.